The molecule has 1 N–H and O–H groups in total. The Bertz CT molecular complexity index is 747. The third-order valence-electron chi connectivity index (χ3n) is 5.32. The van der Waals surface area contributed by atoms with Crippen LogP contribution in [-0.4, -0.2) is 33.2 Å². The molecule has 0 bridgehead atoms. The van der Waals surface area contributed by atoms with Crippen molar-refractivity contribution < 1.29 is 9.18 Å². The summed E-state index contributed by atoms with van der Waals surface area (Å²) in [6, 6.07) is 9.25. The number of hydrogen-bond donors (Lipinski definition) is 1. The lowest BCUT2D eigenvalue weighted by Crippen LogP contribution is -2.35. The van der Waals surface area contributed by atoms with Crippen molar-refractivity contribution in [2.24, 2.45) is 0 Å². The quantitative estimate of drug-likeness (QED) is 0.822. The first-order valence-corrected chi connectivity index (χ1v) is 9.51. The molecule has 0 atom stereocenters. The highest BCUT2D eigenvalue weighted by Crippen LogP contribution is 2.31. The van der Waals surface area contributed by atoms with E-state index in [1.807, 2.05) is 10.7 Å². The molecule has 1 aromatic carbocycles. The molecule has 0 aliphatic heterocycles. The highest BCUT2D eigenvalue weighted by molar-refractivity contribution is 5.91. The van der Waals surface area contributed by atoms with E-state index < -0.39 is 0 Å². The first-order chi connectivity index (χ1) is 12.7. The molecule has 2 aromatic rings. The Hall–Kier alpha value is -2.21. The molecular weight excluding hydrogens is 331 g/mol. The number of nitrogens with zero attached hydrogens (tertiary/aromatic N) is 3. The standard InChI is InChI=1S/C20H25FN4O/c21-16-7-5-15(6-8-16)13-24(17-9-10-17)14-20(26)23-19-11-12-22-25(19)18-3-1-2-4-18/h5-8,11-12,17-18H,1-4,9-10,13-14H2,(H,23,26). The summed E-state index contributed by atoms with van der Waals surface area (Å²) in [7, 11) is 0. The van der Waals surface area contributed by atoms with Crippen LogP contribution in [0.1, 0.15) is 50.1 Å². The maximum Gasteiger partial charge on any atom is 0.239 e. The molecule has 26 heavy (non-hydrogen) atoms. The summed E-state index contributed by atoms with van der Waals surface area (Å²) in [5.74, 6) is 0.544. The van der Waals surface area contributed by atoms with Crippen LogP contribution in [0.3, 0.4) is 0 Å². The van der Waals surface area contributed by atoms with Crippen molar-refractivity contribution in [1.82, 2.24) is 14.7 Å². The van der Waals surface area contributed by atoms with Gasteiger partial charge in [-0.15, -0.1) is 0 Å². The predicted octanol–water partition coefficient (Wildman–Crippen LogP) is 3.74. The normalized spacial score (nSPS) is 17.8. The Balaban J connectivity index is 1.38. The molecule has 1 aromatic heterocycles. The largest absolute Gasteiger partial charge is 0.310 e. The first kappa shape index (κ1) is 17.2. The molecule has 6 heteroatoms. The Morgan fingerprint density at radius 3 is 2.58 bits per heavy atom. The summed E-state index contributed by atoms with van der Waals surface area (Å²) in [5.41, 5.74) is 1.03. The summed E-state index contributed by atoms with van der Waals surface area (Å²) >= 11 is 0. The molecule has 0 saturated heterocycles. The average molecular weight is 356 g/mol. The maximum absolute atomic E-state index is 13.1. The molecule has 2 aliphatic carbocycles. The first-order valence-electron chi connectivity index (χ1n) is 9.51. The van der Waals surface area contributed by atoms with Gasteiger partial charge in [0.05, 0.1) is 18.8 Å². The van der Waals surface area contributed by atoms with Gasteiger partial charge >= 0.3 is 0 Å². The minimum Gasteiger partial charge on any atom is -0.310 e. The van der Waals surface area contributed by atoms with E-state index >= 15 is 0 Å². The van der Waals surface area contributed by atoms with Crippen LogP contribution in [0, 0.1) is 5.82 Å². The molecule has 2 fully saturated rings. The number of anilines is 1. The number of hydrogen-bond acceptors (Lipinski definition) is 3. The Labute approximate surface area is 153 Å². The van der Waals surface area contributed by atoms with E-state index in [1.165, 1.54) is 25.0 Å². The van der Waals surface area contributed by atoms with Gasteiger partial charge in [-0.25, -0.2) is 9.07 Å². The zero-order valence-electron chi connectivity index (χ0n) is 14.9. The van der Waals surface area contributed by atoms with Crippen molar-refractivity contribution in [3.63, 3.8) is 0 Å². The van der Waals surface area contributed by atoms with E-state index in [0.717, 1.165) is 37.1 Å². The van der Waals surface area contributed by atoms with Gasteiger partial charge in [0.2, 0.25) is 5.91 Å². The zero-order chi connectivity index (χ0) is 17.9. The van der Waals surface area contributed by atoms with E-state index in [1.54, 1.807) is 18.3 Å². The van der Waals surface area contributed by atoms with E-state index in [0.29, 0.717) is 25.2 Å². The van der Waals surface area contributed by atoms with Crippen LogP contribution in [0.25, 0.3) is 0 Å². The fourth-order valence-electron chi connectivity index (χ4n) is 3.80. The summed E-state index contributed by atoms with van der Waals surface area (Å²) < 4.78 is 15.1. The number of nitrogens with one attached hydrogen (secondary N) is 1. The number of rotatable bonds is 7. The Morgan fingerprint density at radius 2 is 1.88 bits per heavy atom. The maximum atomic E-state index is 13.1. The fourth-order valence-corrected chi connectivity index (χ4v) is 3.80. The SMILES string of the molecule is O=C(CN(Cc1ccc(F)cc1)C1CC1)Nc1ccnn1C1CCCC1. The van der Waals surface area contributed by atoms with Crippen LogP contribution in [-0.2, 0) is 11.3 Å². The fraction of sp³-hybridized carbons (Fsp3) is 0.500. The number of carbonyl (C=O) groups is 1. The van der Waals surface area contributed by atoms with Crippen LogP contribution in [0.2, 0.25) is 0 Å². The molecule has 2 saturated carbocycles. The second-order valence-corrected chi connectivity index (χ2v) is 7.41. The topological polar surface area (TPSA) is 50.2 Å². The highest BCUT2D eigenvalue weighted by Gasteiger charge is 2.30. The van der Waals surface area contributed by atoms with Crippen molar-refractivity contribution in [2.45, 2.75) is 57.2 Å². The molecule has 4 rings (SSSR count). The predicted molar refractivity (Wildman–Crippen MR) is 98.2 cm³/mol. The molecule has 5 nitrogen and oxygen atoms in total. The molecule has 1 amide bonds. The number of amides is 1. The van der Waals surface area contributed by atoms with E-state index in [9.17, 15) is 9.18 Å². The smallest absolute Gasteiger partial charge is 0.239 e. The van der Waals surface area contributed by atoms with Crippen molar-refractivity contribution >= 4 is 11.7 Å². The van der Waals surface area contributed by atoms with Gasteiger partial charge in [-0.05, 0) is 43.4 Å². The molecule has 2 aliphatic rings. The summed E-state index contributed by atoms with van der Waals surface area (Å²) in [4.78, 5) is 14.8. The summed E-state index contributed by atoms with van der Waals surface area (Å²) in [6.07, 6.45) is 8.71. The minimum absolute atomic E-state index is 0.0150. The van der Waals surface area contributed by atoms with Gasteiger partial charge in [0.15, 0.2) is 0 Å². The van der Waals surface area contributed by atoms with Crippen molar-refractivity contribution in [1.29, 1.82) is 0 Å². The van der Waals surface area contributed by atoms with Gasteiger partial charge < -0.3 is 5.32 Å². The number of halogens is 1. The Kier molecular flexibility index (Phi) is 5.02. The summed E-state index contributed by atoms with van der Waals surface area (Å²) in [5, 5.41) is 7.44. The van der Waals surface area contributed by atoms with E-state index in [4.69, 9.17) is 0 Å². The van der Waals surface area contributed by atoms with Gasteiger partial charge in [-0.3, -0.25) is 9.69 Å². The van der Waals surface area contributed by atoms with E-state index in [-0.39, 0.29) is 11.7 Å². The molecular formula is C20H25FN4O. The van der Waals surface area contributed by atoms with E-state index in [2.05, 4.69) is 15.3 Å². The lowest BCUT2D eigenvalue weighted by atomic mass is 10.2. The van der Waals surface area contributed by atoms with Gasteiger partial charge in [-0.1, -0.05) is 25.0 Å². The zero-order valence-corrected chi connectivity index (χ0v) is 14.9. The second-order valence-electron chi connectivity index (χ2n) is 7.41. The Morgan fingerprint density at radius 1 is 1.15 bits per heavy atom. The summed E-state index contributed by atoms with van der Waals surface area (Å²) in [6.45, 7) is 1.01. The van der Waals surface area contributed by atoms with Crippen LogP contribution in [0.15, 0.2) is 36.5 Å². The van der Waals surface area contributed by atoms with Crippen molar-refractivity contribution in [3.8, 4) is 0 Å². The molecule has 0 spiro atoms. The van der Waals surface area contributed by atoms with Crippen molar-refractivity contribution in [2.75, 3.05) is 11.9 Å². The third-order valence-corrected chi connectivity index (χ3v) is 5.32. The van der Waals surface area contributed by atoms with Crippen LogP contribution < -0.4 is 5.32 Å². The molecule has 138 valence electrons. The molecule has 1 heterocycles. The van der Waals surface area contributed by atoms with Crippen LogP contribution in [0.4, 0.5) is 10.2 Å². The third kappa shape index (κ3) is 4.12. The number of benzene rings is 1. The number of carbonyl (C=O) groups excluding carboxylic acids is 1. The lowest BCUT2D eigenvalue weighted by Gasteiger charge is -2.22. The monoisotopic (exact) mass is 356 g/mol. The van der Waals surface area contributed by atoms with Crippen LogP contribution in [0.5, 0.6) is 0 Å². The second kappa shape index (κ2) is 7.58. The van der Waals surface area contributed by atoms with Gasteiger partial charge in [0, 0.05) is 18.7 Å². The minimum atomic E-state index is -0.232. The molecule has 0 unspecified atom stereocenters. The van der Waals surface area contributed by atoms with Crippen molar-refractivity contribution in [3.05, 3.63) is 47.9 Å². The average Bonchev–Trinajstić information content (AvgIpc) is 3.13. The lowest BCUT2D eigenvalue weighted by molar-refractivity contribution is -0.117. The van der Waals surface area contributed by atoms with Gasteiger partial charge in [0.1, 0.15) is 11.6 Å². The van der Waals surface area contributed by atoms with Crippen LogP contribution >= 0.6 is 0 Å². The van der Waals surface area contributed by atoms with Gasteiger partial charge in [0.25, 0.3) is 0 Å². The van der Waals surface area contributed by atoms with Gasteiger partial charge in [-0.2, -0.15) is 5.10 Å². The molecule has 0 radical (unpaired) electrons. The number of aromatic nitrogens is 2. The highest BCUT2D eigenvalue weighted by atomic mass is 19.1.